The minimum Gasteiger partial charge on any atom is -0.481 e. The molecule has 4 heteroatoms. The SMILES string of the molecule is CCC(C)(N)COCc1cccnc1OC. The number of pyridine rings is 1. The van der Waals surface area contributed by atoms with Gasteiger partial charge in [-0.05, 0) is 25.5 Å². The van der Waals surface area contributed by atoms with Crippen molar-refractivity contribution in [2.24, 2.45) is 5.73 Å². The van der Waals surface area contributed by atoms with E-state index in [4.69, 9.17) is 15.2 Å². The lowest BCUT2D eigenvalue weighted by atomic mass is 10.0. The third-order valence-corrected chi connectivity index (χ3v) is 2.54. The van der Waals surface area contributed by atoms with Crippen LogP contribution in [0, 0.1) is 0 Å². The van der Waals surface area contributed by atoms with Crippen LogP contribution in [-0.4, -0.2) is 24.2 Å². The maximum atomic E-state index is 5.98. The summed E-state index contributed by atoms with van der Waals surface area (Å²) in [5.74, 6) is 0.609. The molecule has 0 spiro atoms. The van der Waals surface area contributed by atoms with Crippen LogP contribution in [0.15, 0.2) is 18.3 Å². The van der Waals surface area contributed by atoms with E-state index in [0.29, 0.717) is 19.1 Å². The lowest BCUT2D eigenvalue weighted by Gasteiger charge is -2.22. The third-order valence-electron chi connectivity index (χ3n) is 2.54. The summed E-state index contributed by atoms with van der Waals surface area (Å²) in [5.41, 5.74) is 6.65. The number of hydrogen-bond acceptors (Lipinski definition) is 4. The zero-order chi connectivity index (χ0) is 12.0. The van der Waals surface area contributed by atoms with Gasteiger partial charge in [-0.2, -0.15) is 0 Å². The quantitative estimate of drug-likeness (QED) is 0.799. The number of hydrogen-bond donors (Lipinski definition) is 1. The van der Waals surface area contributed by atoms with Gasteiger partial charge >= 0.3 is 0 Å². The summed E-state index contributed by atoms with van der Waals surface area (Å²) in [6.07, 6.45) is 2.58. The van der Waals surface area contributed by atoms with Crippen molar-refractivity contribution in [2.45, 2.75) is 32.4 Å². The van der Waals surface area contributed by atoms with Crippen LogP contribution in [0.1, 0.15) is 25.8 Å². The van der Waals surface area contributed by atoms with Gasteiger partial charge in [-0.1, -0.05) is 6.92 Å². The van der Waals surface area contributed by atoms with Crippen molar-refractivity contribution in [3.63, 3.8) is 0 Å². The van der Waals surface area contributed by atoms with Crippen molar-refractivity contribution in [1.82, 2.24) is 4.98 Å². The minimum atomic E-state index is -0.268. The number of aromatic nitrogens is 1. The van der Waals surface area contributed by atoms with Gasteiger partial charge in [0.05, 0.1) is 20.3 Å². The molecule has 1 heterocycles. The van der Waals surface area contributed by atoms with Crippen molar-refractivity contribution in [3.8, 4) is 5.88 Å². The lowest BCUT2D eigenvalue weighted by molar-refractivity contribution is 0.0761. The molecule has 0 bridgehead atoms. The third kappa shape index (κ3) is 3.79. The van der Waals surface area contributed by atoms with Gasteiger partial charge in [0.25, 0.3) is 0 Å². The fourth-order valence-corrected chi connectivity index (χ4v) is 1.21. The monoisotopic (exact) mass is 224 g/mol. The van der Waals surface area contributed by atoms with E-state index in [1.165, 1.54) is 0 Å². The standard InChI is InChI=1S/C12H20N2O2/c1-4-12(2,13)9-16-8-10-6-5-7-14-11(10)15-3/h5-7H,4,8-9,13H2,1-3H3. The van der Waals surface area contributed by atoms with Crippen molar-refractivity contribution >= 4 is 0 Å². The Morgan fingerprint density at radius 1 is 1.50 bits per heavy atom. The van der Waals surface area contributed by atoms with Crippen molar-refractivity contribution in [2.75, 3.05) is 13.7 Å². The molecule has 1 rings (SSSR count). The normalized spacial score (nSPS) is 14.5. The Morgan fingerprint density at radius 3 is 2.88 bits per heavy atom. The highest BCUT2D eigenvalue weighted by molar-refractivity contribution is 5.24. The second-order valence-electron chi connectivity index (χ2n) is 4.17. The van der Waals surface area contributed by atoms with E-state index in [2.05, 4.69) is 4.98 Å². The molecule has 0 aliphatic heterocycles. The Bertz CT molecular complexity index is 327. The van der Waals surface area contributed by atoms with Gasteiger partial charge in [0.1, 0.15) is 0 Å². The Kier molecular flexibility index (Phi) is 4.71. The molecule has 0 aromatic carbocycles. The largest absolute Gasteiger partial charge is 0.481 e. The van der Waals surface area contributed by atoms with Crippen molar-refractivity contribution in [3.05, 3.63) is 23.9 Å². The van der Waals surface area contributed by atoms with Crippen LogP contribution in [0.25, 0.3) is 0 Å². The van der Waals surface area contributed by atoms with Crippen LogP contribution in [0.2, 0.25) is 0 Å². The second kappa shape index (κ2) is 5.82. The maximum absolute atomic E-state index is 5.98. The molecule has 0 saturated carbocycles. The molecule has 0 saturated heterocycles. The molecule has 2 N–H and O–H groups in total. The molecule has 16 heavy (non-hydrogen) atoms. The summed E-state index contributed by atoms with van der Waals surface area (Å²) in [6, 6.07) is 3.80. The van der Waals surface area contributed by atoms with E-state index in [1.54, 1.807) is 13.3 Å². The van der Waals surface area contributed by atoms with Gasteiger partial charge < -0.3 is 15.2 Å². The molecule has 0 amide bonds. The second-order valence-corrected chi connectivity index (χ2v) is 4.17. The topological polar surface area (TPSA) is 57.4 Å². The number of nitrogens with zero attached hydrogens (tertiary/aromatic N) is 1. The van der Waals surface area contributed by atoms with Crippen LogP contribution in [0.5, 0.6) is 5.88 Å². The highest BCUT2D eigenvalue weighted by atomic mass is 16.5. The molecule has 4 nitrogen and oxygen atoms in total. The zero-order valence-electron chi connectivity index (χ0n) is 10.2. The van der Waals surface area contributed by atoms with Gasteiger partial charge in [-0.3, -0.25) is 0 Å². The molecule has 0 aliphatic rings. The van der Waals surface area contributed by atoms with Crippen LogP contribution in [0.4, 0.5) is 0 Å². The molecule has 90 valence electrons. The van der Waals surface area contributed by atoms with Gasteiger partial charge in [-0.25, -0.2) is 4.98 Å². The molecule has 0 radical (unpaired) electrons. The Balaban J connectivity index is 2.49. The maximum Gasteiger partial charge on any atom is 0.218 e. The number of methoxy groups -OCH3 is 1. The van der Waals surface area contributed by atoms with Crippen molar-refractivity contribution in [1.29, 1.82) is 0 Å². The number of ether oxygens (including phenoxy) is 2. The average Bonchev–Trinajstić information content (AvgIpc) is 2.29. The van der Waals surface area contributed by atoms with Crippen molar-refractivity contribution < 1.29 is 9.47 Å². The van der Waals surface area contributed by atoms with E-state index < -0.39 is 0 Å². The van der Waals surface area contributed by atoms with Crippen LogP contribution in [0.3, 0.4) is 0 Å². The average molecular weight is 224 g/mol. The molecular formula is C12H20N2O2. The predicted octanol–water partition coefficient (Wildman–Crippen LogP) is 1.73. The summed E-state index contributed by atoms with van der Waals surface area (Å²) in [5, 5.41) is 0. The summed E-state index contributed by atoms with van der Waals surface area (Å²) in [6.45, 7) is 5.03. The van der Waals surface area contributed by atoms with Crippen LogP contribution >= 0.6 is 0 Å². The predicted molar refractivity (Wildman–Crippen MR) is 63.3 cm³/mol. The van der Waals surface area contributed by atoms with E-state index in [-0.39, 0.29) is 5.54 Å². The van der Waals surface area contributed by atoms with Gasteiger partial charge in [-0.15, -0.1) is 0 Å². The summed E-state index contributed by atoms with van der Waals surface area (Å²) < 4.78 is 10.7. The zero-order valence-corrected chi connectivity index (χ0v) is 10.2. The first-order valence-corrected chi connectivity index (χ1v) is 5.43. The van der Waals surface area contributed by atoms with Crippen LogP contribution < -0.4 is 10.5 Å². The molecule has 0 fully saturated rings. The van der Waals surface area contributed by atoms with E-state index >= 15 is 0 Å². The first-order valence-electron chi connectivity index (χ1n) is 5.43. The van der Waals surface area contributed by atoms with Gasteiger partial charge in [0.15, 0.2) is 0 Å². The Morgan fingerprint density at radius 2 is 2.25 bits per heavy atom. The first kappa shape index (κ1) is 12.9. The van der Waals surface area contributed by atoms with E-state index in [0.717, 1.165) is 12.0 Å². The highest BCUT2D eigenvalue weighted by Crippen LogP contribution is 2.15. The molecule has 1 aromatic rings. The number of nitrogens with two attached hydrogens (primary N) is 1. The summed E-state index contributed by atoms with van der Waals surface area (Å²) in [7, 11) is 1.60. The summed E-state index contributed by atoms with van der Waals surface area (Å²) in [4.78, 5) is 4.10. The molecular weight excluding hydrogens is 204 g/mol. The summed E-state index contributed by atoms with van der Waals surface area (Å²) >= 11 is 0. The molecule has 1 aromatic heterocycles. The van der Waals surface area contributed by atoms with Gasteiger partial charge in [0, 0.05) is 17.3 Å². The fraction of sp³-hybridized carbons (Fsp3) is 0.583. The highest BCUT2D eigenvalue weighted by Gasteiger charge is 2.15. The fourth-order valence-electron chi connectivity index (χ4n) is 1.21. The number of rotatable bonds is 6. The van der Waals surface area contributed by atoms with Crippen LogP contribution in [-0.2, 0) is 11.3 Å². The Hall–Kier alpha value is -1.13. The minimum absolute atomic E-state index is 0.268. The first-order chi connectivity index (χ1) is 7.59. The molecule has 1 atom stereocenters. The molecule has 0 aliphatic carbocycles. The van der Waals surface area contributed by atoms with E-state index in [9.17, 15) is 0 Å². The lowest BCUT2D eigenvalue weighted by Crippen LogP contribution is -2.40. The van der Waals surface area contributed by atoms with E-state index in [1.807, 2.05) is 26.0 Å². The molecule has 1 unspecified atom stereocenters. The Labute approximate surface area is 96.8 Å². The van der Waals surface area contributed by atoms with Gasteiger partial charge in [0.2, 0.25) is 5.88 Å². The smallest absolute Gasteiger partial charge is 0.218 e.